The van der Waals surface area contributed by atoms with E-state index in [-0.39, 0.29) is 11.9 Å². The number of benzene rings is 1. The van der Waals surface area contributed by atoms with Crippen molar-refractivity contribution in [2.45, 2.75) is 51.7 Å². The molecule has 5 nitrogen and oxygen atoms in total. The second-order valence-corrected chi connectivity index (χ2v) is 7.88. The smallest absolute Gasteiger partial charge is 0.407 e. The highest BCUT2D eigenvalue weighted by atomic mass is 19.1. The topological polar surface area (TPSA) is 44.8 Å². The van der Waals surface area contributed by atoms with Gasteiger partial charge in [-0.25, -0.2) is 9.18 Å². The van der Waals surface area contributed by atoms with Crippen LogP contribution in [-0.4, -0.2) is 43.9 Å². The van der Waals surface area contributed by atoms with Crippen molar-refractivity contribution in [3.05, 3.63) is 24.0 Å². The van der Waals surface area contributed by atoms with Crippen LogP contribution in [0.4, 0.5) is 20.6 Å². The van der Waals surface area contributed by atoms with Gasteiger partial charge in [0.2, 0.25) is 0 Å². The van der Waals surface area contributed by atoms with E-state index in [4.69, 9.17) is 4.74 Å². The lowest BCUT2D eigenvalue weighted by Gasteiger charge is -2.28. The van der Waals surface area contributed by atoms with Gasteiger partial charge in [-0.1, -0.05) is 6.07 Å². The lowest BCUT2D eigenvalue weighted by atomic mass is 10.2. The lowest BCUT2D eigenvalue weighted by molar-refractivity contribution is 0.0509. The summed E-state index contributed by atoms with van der Waals surface area (Å²) in [7, 11) is 0. The summed E-state index contributed by atoms with van der Waals surface area (Å²) in [5, 5.41) is 2.90. The number of amides is 1. The Labute approximate surface area is 149 Å². The number of alkyl carbamates (subject to hydrolysis) is 1. The summed E-state index contributed by atoms with van der Waals surface area (Å²) >= 11 is 0. The molecule has 0 aliphatic carbocycles. The van der Waals surface area contributed by atoms with Crippen LogP contribution in [0.25, 0.3) is 0 Å². The Morgan fingerprint density at radius 3 is 2.60 bits per heavy atom. The van der Waals surface area contributed by atoms with Crippen LogP contribution >= 0.6 is 0 Å². The first kappa shape index (κ1) is 17.8. The van der Waals surface area contributed by atoms with Gasteiger partial charge >= 0.3 is 6.09 Å². The molecule has 2 aliphatic rings. The fourth-order valence-electron chi connectivity index (χ4n) is 3.59. The van der Waals surface area contributed by atoms with E-state index >= 15 is 0 Å². The van der Waals surface area contributed by atoms with E-state index in [0.29, 0.717) is 12.2 Å². The number of para-hydroxylation sites is 1. The molecule has 1 unspecified atom stereocenters. The van der Waals surface area contributed by atoms with Gasteiger partial charge in [-0.15, -0.1) is 0 Å². The van der Waals surface area contributed by atoms with Crippen molar-refractivity contribution in [2.24, 2.45) is 0 Å². The molecule has 0 aromatic heterocycles. The molecule has 6 heteroatoms. The summed E-state index contributed by atoms with van der Waals surface area (Å²) in [6, 6.07) is 5.27. The fourth-order valence-corrected chi connectivity index (χ4v) is 3.59. The van der Waals surface area contributed by atoms with Gasteiger partial charge in [-0.2, -0.15) is 0 Å². The molecule has 0 saturated carbocycles. The number of carbonyl (C=O) groups is 1. The molecule has 0 bridgehead atoms. The predicted molar refractivity (Wildman–Crippen MR) is 97.8 cm³/mol. The fraction of sp³-hybridized carbons (Fsp3) is 0.632. The van der Waals surface area contributed by atoms with Crippen molar-refractivity contribution in [3.8, 4) is 0 Å². The first-order chi connectivity index (χ1) is 11.8. The van der Waals surface area contributed by atoms with Crippen LogP contribution in [-0.2, 0) is 4.74 Å². The second kappa shape index (κ2) is 7.10. The van der Waals surface area contributed by atoms with Crippen LogP contribution in [0.2, 0.25) is 0 Å². The number of hydrogen-bond acceptors (Lipinski definition) is 4. The number of hydrogen-bond donors (Lipinski definition) is 1. The quantitative estimate of drug-likeness (QED) is 0.907. The molecule has 2 fully saturated rings. The van der Waals surface area contributed by atoms with Crippen LogP contribution in [0, 0.1) is 5.82 Å². The maximum atomic E-state index is 14.6. The van der Waals surface area contributed by atoms with E-state index in [9.17, 15) is 9.18 Å². The monoisotopic (exact) mass is 349 g/mol. The van der Waals surface area contributed by atoms with Gasteiger partial charge in [0.25, 0.3) is 0 Å². The molecule has 3 rings (SSSR count). The summed E-state index contributed by atoms with van der Waals surface area (Å²) in [6.45, 7) is 8.80. The standard InChI is InChI=1S/C19H28FN3O2/c1-19(2,3)25-18(24)21-14-9-12-23(13-14)17-15(20)7-6-8-16(17)22-10-4-5-11-22/h6-8,14H,4-5,9-13H2,1-3H3,(H,21,24). The van der Waals surface area contributed by atoms with Gasteiger partial charge in [0.15, 0.2) is 0 Å². The summed E-state index contributed by atoms with van der Waals surface area (Å²) in [5.74, 6) is -0.192. The number of ether oxygens (including phenoxy) is 1. The van der Waals surface area contributed by atoms with Gasteiger partial charge in [-0.3, -0.25) is 0 Å². The Balaban J connectivity index is 1.69. The first-order valence-corrected chi connectivity index (χ1v) is 9.11. The third kappa shape index (κ3) is 4.35. The van der Waals surface area contributed by atoms with E-state index in [0.717, 1.165) is 44.6 Å². The Morgan fingerprint density at radius 2 is 1.92 bits per heavy atom. The van der Waals surface area contributed by atoms with Crippen LogP contribution in [0.5, 0.6) is 0 Å². The van der Waals surface area contributed by atoms with Gasteiger partial charge < -0.3 is 19.9 Å². The Kier molecular flexibility index (Phi) is 5.06. The van der Waals surface area contributed by atoms with Crippen molar-refractivity contribution < 1.29 is 13.9 Å². The molecular weight excluding hydrogens is 321 g/mol. The minimum Gasteiger partial charge on any atom is -0.444 e. The molecular formula is C19H28FN3O2. The number of rotatable bonds is 3. The van der Waals surface area contributed by atoms with Gasteiger partial charge in [0, 0.05) is 26.2 Å². The average molecular weight is 349 g/mol. The molecule has 0 radical (unpaired) electrons. The van der Waals surface area contributed by atoms with Crippen molar-refractivity contribution in [2.75, 3.05) is 36.0 Å². The molecule has 1 aromatic carbocycles. The molecule has 1 atom stereocenters. The Hall–Kier alpha value is -1.98. The number of nitrogens with one attached hydrogen (secondary N) is 1. The largest absolute Gasteiger partial charge is 0.444 e. The van der Waals surface area contributed by atoms with Crippen molar-refractivity contribution in [1.82, 2.24) is 5.32 Å². The average Bonchev–Trinajstić information content (AvgIpc) is 3.16. The van der Waals surface area contributed by atoms with E-state index in [1.807, 2.05) is 31.7 Å². The van der Waals surface area contributed by atoms with Crippen molar-refractivity contribution in [3.63, 3.8) is 0 Å². The molecule has 2 aliphatic heterocycles. The third-order valence-electron chi connectivity index (χ3n) is 4.64. The molecule has 1 aromatic rings. The summed E-state index contributed by atoms with van der Waals surface area (Å²) in [6.07, 6.45) is 2.68. The molecule has 2 saturated heterocycles. The molecule has 0 spiro atoms. The zero-order valence-electron chi connectivity index (χ0n) is 15.3. The first-order valence-electron chi connectivity index (χ1n) is 9.11. The van der Waals surface area contributed by atoms with Gasteiger partial charge in [0.1, 0.15) is 11.4 Å². The van der Waals surface area contributed by atoms with Gasteiger partial charge in [-0.05, 0) is 52.2 Å². The minimum atomic E-state index is -0.517. The van der Waals surface area contributed by atoms with Gasteiger partial charge in [0.05, 0.1) is 17.4 Å². The Bertz CT molecular complexity index is 624. The van der Waals surface area contributed by atoms with Crippen molar-refractivity contribution >= 4 is 17.5 Å². The molecule has 25 heavy (non-hydrogen) atoms. The third-order valence-corrected chi connectivity index (χ3v) is 4.64. The van der Waals surface area contributed by atoms with Crippen molar-refractivity contribution in [1.29, 1.82) is 0 Å². The van der Waals surface area contributed by atoms with E-state index in [1.54, 1.807) is 6.07 Å². The predicted octanol–water partition coefficient (Wildman–Crippen LogP) is 3.53. The lowest BCUT2D eigenvalue weighted by Crippen LogP contribution is -2.40. The maximum Gasteiger partial charge on any atom is 0.407 e. The highest BCUT2D eigenvalue weighted by Crippen LogP contribution is 2.36. The highest BCUT2D eigenvalue weighted by molar-refractivity contribution is 5.73. The Morgan fingerprint density at radius 1 is 1.20 bits per heavy atom. The second-order valence-electron chi connectivity index (χ2n) is 7.88. The SMILES string of the molecule is CC(C)(C)OC(=O)NC1CCN(c2c(F)cccc2N2CCCC2)C1. The maximum absolute atomic E-state index is 14.6. The molecule has 1 N–H and O–H groups in total. The summed E-state index contributed by atoms with van der Waals surface area (Å²) in [4.78, 5) is 16.3. The number of nitrogens with zero attached hydrogens (tertiary/aromatic N) is 2. The van der Waals surface area contributed by atoms with E-state index in [2.05, 4.69) is 10.2 Å². The number of halogens is 1. The highest BCUT2D eigenvalue weighted by Gasteiger charge is 2.30. The van der Waals surface area contributed by atoms with E-state index in [1.165, 1.54) is 6.07 Å². The molecule has 138 valence electrons. The zero-order valence-corrected chi connectivity index (χ0v) is 15.3. The number of anilines is 2. The van der Waals surface area contributed by atoms with Crippen LogP contribution < -0.4 is 15.1 Å². The minimum absolute atomic E-state index is 0.0270. The number of carbonyl (C=O) groups excluding carboxylic acids is 1. The summed E-state index contributed by atoms with van der Waals surface area (Å²) < 4.78 is 19.9. The zero-order chi connectivity index (χ0) is 18.0. The normalized spacial score (nSPS) is 20.9. The van der Waals surface area contributed by atoms with Crippen LogP contribution in [0.3, 0.4) is 0 Å². The van der Waals surface area contributed by atoms with Crippen LogP contribution in [0.1, 0.15) is 40.0 Å². The molecule has 2 heterocycles. The van der Waals surface area contributed by atoms with E-state index < -0.39 is 11.7 Å². The summed E-state index contributed by atoms with van der Waals surface area (Å²) in [5.41, 5.74) is 1.12. The molecule has 1 amide bonds. The van der Waals surface area contributed by atoms with Crippen LogP contribution in [0.15, 0.2) is 18.2 Å².